The van der Waals surface area contributed by atoms with Gasteiger partial charge in [0.1, 0.15) is 0 Å². The summed E-state index contributed by atoms with van der Waals surface area (Å²) in [6.45, 7) is 3.14. The van der Waals surface area contributed by atoms with Crippen molar-refractivity contribution >= 4 is 17.2 Å². The number of likely N-dealkylation sites (tertiary alicyclic amines) is 1. The topological polar surface area (TPSA) is 32.8 Å². The summed E-state index contributed by atoms with van der Waals surface area (Å²) in [6.07, 6.45) is 2.02. The molecule has 0 saturated carbocycles. The molecule has 4 nitrogen and oxygen atoms in total. The summed E-state index contributed by atoms with van der Waals surface area (Å²) < 4.78 is 6.07. The summed E-state index contributed by atoms with van der Waals surface area (Å²) in [7, 11) is 3.61. The highest BCUT2D eigenvalue weighted by molar-refractivity contribution is 7.07. The lowest BCUT2D eigenvalue weighted by Crippen LogP contribution is -2.29. The smallest absolute Gasteiger partial charge is 0.224 e. The Kier molecular flexibility index (Phi) is 4.10. The summed E-state index contributed by atoms with van der Waals surface area (Å²) >= 11 is 1.75. The van der Waals surface area contributed by atoms with Crippen LogP contribution in [0, 0.1) is 5.92 Å². The third-order valence-corrected chi connectivity index (χ3v) is 5.01. The Bertz CT molecular complexity index is 446. The number of fused-ring (bicyclic) bond motifs is 1. The average molecular weight is 294 g/mol. The summed E-state index contributed by atoms with van der Waals surface area (Å²) in [5.41, 5.74) is 1.40. The van der Waals surface area contributed by atoms with Gasteiger partial charge in [0.2, 0.25) is 5.91 Å². The van der Waals surface area contributed by atoms with Gasteiger partial charge in [-0.1, -0.05) is 0 Å². The highest BCUT2D eigenvalue weighted by Crippen LogP contribution is 2.35. The summed E-state index contributed by atoms with van der Waals surface area (Å²) in [4.78, 5) is 15.9. The number of amides is 1. The molecule has 3 rings (SSSR count). The molecular weight excluding hydrogens is 272 g/mol. The Morgan fingerprint density at radius 3 is 3.00 bits per heavy atom. The van der Waals surface area contributed by atoms with E-state index in [9.17, 15) is 4.79 Å². The first-order chi connectivity index (χ1) is 9.61. The average Bonchev–Trinajstić information content (AvgIpc) is 3.05. The number of nitrogens with zero attached hydrogens (tertiary/aromatic N) is 2. The Morgan fingerprint density at radius 2 is 2.35 bits per heavy atom. The molecule has 2 saturated heterocycles. The molecule has 1 amide bonds. The molecule has 3 atom stereocenters. The second-order valence-electron chi connectivity index (χ2n) is 6.11. The molecule has 0 aromatic carbocycles. The van der Waals surface area contributed by atoms with Crippen LogP contribution < -0.4 is 0 Å². The predicted octanol–water partition coefficient (Wildman–Crippen LogP) is 1.82. The Morgan fingerprint density at radius 1 is 1.50 bits per heavy atom. The number of carbonyl (C=O) groups excluding carboxylic acids is 1. The van der Waals surface area contributed by atoms with Gasteiger partial charge in [0.05, 0.1) is 18.6 Å². The van der Waals surface area contributed by atoms with Crippen molar-refractivity contribution in [2.24, 2.45) is 5.92 Å². The van der Waals surface area contributed by atoms with E-state index < -0.39 is 0 Å². The van der Waals surface area contributed by atoms with Crippen LogP contribution in [-0.2, 0) is 16.1 Å². The van der Waals surface area contributed by atoms with Crippen LogP contribution in [0.15, 0.2) is 16.8 Å². The zero-order chi connectivity index (χ0) is 14.1. The Hall–Kier alpha value is -0.910. The number of thiophene rings is 1. The first-order valence-corrected chi connectivity index (χ1v) is 8.15. The zero-order valence-electron chi connectivity index (χ0n) is 12.1. The Labute approximate surface area is 124 Å². The van der Waals surface area contributed by atoms with Crippen LogP contribution in [0.2, 0.25) is 0 Å². The molecule has 0 spiro atoms. The second kappa shape index (κ2) is 5.84. The quantitative estimate of drug-likeness (QED) is 0.849. The first kappa shape index (κ1) is 14.0. The molecule has 0 aliphatic carbocycles. The van der Waals surface area contributed by atoms with E-state index in [0.717, 1.165) is 26.1 Å². The highest BCUT2D eigenvalue weighted by atomic mass is 32.1. The molecule has 1 aromatic heterocycles. The van der Waals surface area contributed by atoms with E-state index in [4.69, 9.17) is 4.74 Å². The van der Waals surface area contributed by atoms with Crippen LogP contribution in [0.5, 0.6) is 0 Å². The van der Waals surface area contributed by atoms with Gasteiger partial charge in [0.15, 0.2) is 0 Å². The van der Waals surface area contributed by atoms with Crippen molar-refractivity contribution in [2.75, 3.05) is 27.2 Å². The van der Waals surface area contributed by atoms with E-state index in [2.05, 4.69) is 21.7 Å². The van der Waals surface area contributed by atoms with Crippen molar-refractivity contribution < 1.29 is 9.53 Å². The maximum absolute atomic E-state index is 11.7. The molecule has 0 bridgehead atoms. The number of ether oxygens (including phenoxy) is 1. The van der Waals surface area contributed by atoms with E-state index in [1.807, 2.05) is 0 Å². The molecule has 20 heavy (non-hydrogen) atoms. The van der Waals surface area contributed by atoms with Gasteiger partial charge in [-0.3, -0.25) is 9.69 Å². The minimum Gasteiger partial charge on any atom is -0.373 e. The second-order valence-corrected chi connectivity index (χ2v) is 6.89. The van der Waals surface area contributed by atoms with Gasteiger partial charge in [-0.2, -0.15) is 11.3 Å². The fourth-order valence-corrected chi connectivity index (χ4v) is 3.89. The summed E-state index contributed by atoms with van der Waals surface area (Å²) in [6, 6.07) is 2.19. The summed E-state index contributed by atoms with van der Waals surface area (Å²) in [5.74, 6) is 0.777. The highest BCUT2D eigenvalue weighted by Gasteiger charge is 2.42. The lowest BCUT2D eigenvalue weighted by Gasteiger charge is -2.19. The molecule has 5 heteroatoms. The van der Waals surface area contributed by atoms with E-state index in [1.54, 1.807) is 30.3 Å². The van der Waals surface area contributed by atoms with E-state index in [-0.39, 0.29) is 12.0 Å². The summed E-state index contributed by atoms with van der Waals surface area (Å²) in [5, 5.41) is 4.35. The van der Waals surface area contributed by atoms with Gasteiger partial charge in [-0.05, 0) is 28.8 Å². The van der Waals surface area contributed by atoms with Crippen LogP contribution >= 0.6 is 11.3 Å². The van der Waals surface area contributed by atoms with Gasteiger partial charge in [0.25, 0.3) is 0 Å². The SMILES string of the molecule is CN(C)C(=O)C[C@@H]1C[C@H]2CN(Cc3ccsc3)C[C@H]2O1. The van der Waals surface area contributed by atoms with Gasteiger partial charge < -0.3 is 9.64 Å². The molecule has 2 aliphatic rings. The van der Waals surface area contributed by atoms with Gasteiger partial charge >= 0.3 is 0 Å². The van der Waals surface area contributed by atoms with Crippen molar-refractivity contribution in [2.45, 2.75) is 31.6 Å². The fourth-order valence-electron chi connectivity index (χ4n) is 3.23. The zero-order valence-corrected chi connectivity index (χ0v) is 12.9. The maximum Gasteiger partial charge on any atom is 0.224 e. The number of hydrogen-bond acceptors (Lipinski definition) is 4. The van der Waals surface area contributed by atoms with Crippen molar-refractivity contribution in [1.82, 2.24) is 9.80 Å². The van der Waals surface area contributed by atoms with E-state index in [1.165, 1.54) is 5.56 Å². The number of hydrogen-bond donors (Lipinski definition) is 0. The lowest BCUT2D eigenvalue weighted by atomic mass is 10.0. The molecule has 2 fully saturated rings. The normalized spacial score (nSPS) is 29.6. The molecule has 1 aromatic rings. The van der Waals surface area contributed by atoms with Crippen molar-refractivity contribution in [3.8, 4) is 0 Å². The van der Waals surface area contributed by atoms with Crippen LogP contribution in [0.25, 0.3) is 0 Å². The first-order valence-electron chi connectivity index (χ1n) is 7.21. The monoisotopic (exact) mass is 294 g/mol. The standard InChI is InChI=1S/C15H22N2O2S/c1-16(2)15(18)6-13-5-12-8-17(9-14(12)19-13)7-11-3-4-20-10-11/h3-4,10,12-14H,5-9H2,1-2H3/t12-,13-,14+/m0/s1. The molecule has 0 unspecified atom stereocenters. The van der Waals surface area contributed by atoms with Crippen LogP contribution in [0.1, 0.15) is 18.4 Å². The van der Waals surface area contributed by atoms with Crippen molar-refractivity contribution in [3.63, 3.8) is 0 Å². The van der Waals surface area contributed by atoms with Crippen LogP contribution in [0.3, 0.4) is 0 Å². The van der Waals surface area contributed by atoms with E-state index in [0.29, 0.717) is 18.4 Å². The largest absolute Gasteiger partial charge is 0.373 e. The number of carbonyl (C=O) groups is 1. The third kappa shape index (κ3) is 3.05. The molecule has 110 valence electrons. The minimum atomic E-state index is 0.128. The van der Waals surface area contributed by atoms with Gasteiger partial charge in [-0.25, -0.2) is 0 Å². The van der Waals surface area contributed by atoms with Gasteiger partial charge in [0, 0.05) is 39.6 Å². The Balaban J connectivity index is 1.48. The molecule has 2 aliphatic heterocycles. The van der Waals surface area contributed by atoms with Crippen LogP contribution in [0.4, 0.5) is 0 Å². The van der Waals surface area contributed by atoms with Crippen molar-refractivity contribution in [1.29, 1.82) is 0 Å². The molecule has 3 heterocycles. The minimum absolute atomic E-state index is 0.128. The van der Waals surface area contributed by atoms with Crippen molar-refractivity contribution in [3.05, 3.63) is 22.4 Å². The fraction of sp³-hybridized carbons (Fsp3) is 0.667. The maximum atomic E-state index is 11.7. The van der Waals surface area contributed by atoms with Crippen LogP contribution in [-0.4, -0.2) is 55.1 Å². The third-order valence-electron chi connectivity index (χ3n) is 4.28. The van der Waals surface area contributed by atoms with E-state index >= 15 is 0 Å². The number of rotatable bonds is 4. The molecule has 0 radical (unpaired) electrons. The lowest BCUT2D eigenvalue weighted by molar-refractivity contribution is -0.131. The molecule has 0 N–H and O–H groups in total. The predicted molar refractivity (Wildman–Crippen MR) is 79.7 cm³/mol. The van der Waals surface area contributed by atoms with Gasteiger partial charge in [-0.15, -0.1) is 0 Å². The molecular formula is C15H22N2O2S.